The van der Waals surface area contributed by atoms with Crippen LogP contribution in [0.2, 0.25) is 0 Å². The van der Waals surface area contributed by atoms with Crippen LogP contribution in [0.3, 0.4) is 0 Å². The Morgan fingerprint density at radius 1 is 1.37 bits per heavy atom. The third-order valence-corrected chi connectivity index (χ3v) is 2.69. The van der Waals surface area contributed by atoms with Crippen molar-refractivity contribution >= 4 is 5.91 Å². The summed E-state index contributed by atoms with van der Waals surface area (Å²) in [7, 11) is 1.57. The molecule has 0 spiro atoms. The lowest BCUT2D eigenvalue weighted by Gasteiger charge is -2.18. The maximum atomic E-state index is 12.5. The topological polar surface area (TPSA) is 46.3 Å². The number of rotatable bonds is 5. The van der Waals surface area contributed by atoms with Crippen molar-refractivity contribution in [2.24, 2.45) is 5.73 Å². The Morgan fingerprint density at radius 3 is 2.63 bits per heavy atom. The summed E-state index contributed by atoms with van der Waals surface area (Å²) < 4.78 is 37.6. The first-order valence-corrected chi connectivity index (χ1v) is 5.94. The zero-order valence-corrected chi connectivity index (χ0v) is 10.7. The monoisotopic (exact) mass is 274 g/mol. The number of carbonyl (C=O) groups excluding carboxylic acids is 1. The van der Waals surface area contributed by atoms with Crippen molar-refractivity contribution in [3.05, 3.63) is 35.4 Å². The van der Waals surface area contributed by atoms with Gasteiger partial charge in [-0.25, -0.2) is 0 Å². The van der Waals surface area contributed by atoms with Gasteiger partial charge in [-0.1, -0.05) is 12.1 Å². The predicted octanol–water partition coefficient (Wildman–Crippen LogP) is 2.40. The van der Waals surface area contributed by atoms with Gasteiger partial charge < -0.3 is 10.6 Å². The molecule has 0 aliphatic carbocycles. The number of nitrogens with two attached hydrogens (primary N) is 1. The van der Waals surface area contributed by atoms with E-state index < -0.39 is 11.7 Å². The molecule has 0 unspecified atom stereocenters. The second-order valence-corrected chi connectivity index (χ2v) is 4.34. The van der Waals surface area contributed by atoms with Gasteiger partial charge in [-0.05, 0) is 30.7 Å². The lowest BCUT2D eigenvalue weighted by molar-refractivity contribution is -0.137. The van der Waals surface area contributed by atoms with Gasteiger partial charge in [0.2, 0.25) is 5.91 Å². The van der Waals surface area contributed by atoms with E-state index in [2.05, 4.69) is 0 Å². The maximum Gasteiger partial charge on any atom is 0.416 e. The Hall–Kier alpha value is -1.56. The zero-order valence-electron chi connectivity index (χ0n) is 10.7. The first kappa shape index (κ1) is 15.5. The molecule has 1 aromatic rings. The molecule has 2 N–H and O–H groups in total. The first-order chi connectivity index (χ1) is 8.84. The van der Waals surface area contributed by atoms with Gasteiger partial charge in [0.25, 0.3) is 0 Å². The van der Waals surface area contributed by atoms with Crippen LogP contribution in [0, 0.1) is 0 Å². The highest BCUT2D eigenvalue weighted by atomic mass is 19.4. The van der Waals surface area contributed by atoms with Crippen LogP contribution < -0.4 is 5.73 Å². The standard InChI is InChI=1S/C13H17F3N2O/c1-18(12(19)6-3-7-17)9-10-4-2-5-11(8-10)13(14,15)16/h2,4-5,8H,3,6-7,9,17H2,1H3. The minimum Gasteiger partial charge on any atom is -0.341 e. The number of carbonyl (C=O) groups is 1. The van der Waals surface area contributed by atoms with Crippen LogP contribution in [-0.4, -0.2) is 24.4 Å². The van der Waals surface area contributed by atoms with Gasteiger partial charge in [-0.15, -0.1) is 0 Å². The minimum absolute atomic E-state index is 0.122. The number of amides is 1. The average molecular weight is 274 g/mol. The molecule has 0 aromatic heterocycles. The van der Waals surface area contributed by atoms with E-state index in [0.717, 1.165) is 12.1 Å². The molecular weight excluding hydrogens is 257 g/mol. The maximum absolute atomic E-state index is 12.5. The summed E-state index contributed by atoms with van der Waals surface area (Å²) in [6, 6.07) is 4.99. The van der Waals surface area contributed by atoms with Crippen LogP contribution in [0.4, 0.5) is 13.2 Å². The van der Waals surface area contributed by atoms with E-state index in [1.807, 2.05) is 0 Å². The van der Waals surface area contributed by atoms with E-state index in [1.54, 1.807) is 13.1 Å². The highest BCUT2D eigenvalue weighted by Crippen LogP contribution is 2.29. The Kier molecular flexibility index (Phi) is 5.35. The predicted molar refractivity (Wildman–Crippen MR) is 66.2 cm³/mol. The molecule has 0 aliphatic rings. The molecule has 1 aromatic carbocycles. The van der Waals surface area contributed by atoms with Crippen LogP contribution in [0.25, 0.3) is 0 Å². The van der Waals surface area contributed by atoms with E-state index in [0.29, 0.717) is 24.9 Å². The van der Waals surface area contributed by atoms with Crippen LogP contribution in [0.15, 0.2) is 24.3 Å². The number of halogens is 3. The van der Waals surface area contributed by atoms with Crippen molar-refractivity contribution in [3.8, 4) is 0 Å². The van der Waals surface area contributed by atoms with Gasteiger partial charge >= 0.3 is 6.18 Å². The zero-order chi connectivity index (χ0) is 14.5. The molecule has 3 nitrogen and oxygen atoms in total. The van der Waals surface area contributed by atoms with Gasteiger partial charge in [-0.2, -0.15) is 13.2 Å². The van der Waals surface area contributed by atoms with Gasteiger partial charge in [0.15, 0.2) is 0 Å². The SMILES string of the molecule is CN(Cc1cccc(C(F)(F)F)c1)C(=O)CCCN. The number of hydrogen-bond acceptors (Lipinski definition) is 2. The van der Waals surface area contributed by atoms with Crippen molar-refractivity contribution < 1.29 is 18.0 Å². The lowest BCUT2D eigenvalue weighted by atomic mass is 10.1. The second-order valence-electron chi connectivity index (χ2n) is 4.34. The highest BCUT2D eigenvalue weighted by Gasteiger charge is 2.30. The molecule has 0 bridgehead atoms. The molecule has 0 saturated carbocycles. The molecule has 0 atom stereocenters. The molecule has 6 heteroatoms. The third kappa shape index (κ3) is 4.90. The van der Waals surface area contributed by atoms with Crippen LogP contribution >= 0.6 is 0 Å². The van der Waals surface area contributed by atoms with E-state index in [1.165, 1.54) is 11.0 Å². The Morgan fingerprint density at radius 2 is 2.05 bits per heavy atom. The second kappa shape index (κ2) is 6.56. The summed E-state index contributed by atoms with van der Waals surface area (Å²) in [6.07, 6.45) is -3.48. The first-order valence-electron chi connectivity index (χ1n) is 5.94. The normalized spacial score (nSPS) is 11.4. The summed E-state index contributed by atoms with van der Waals surface area (Å²) in [5.74, 6) is -0.122. The van der Waals surface area contributed by atoms with Gasteiger partial charge in [0.1, 0.15) is 0 Å². The molecule has 1 rings (SSSR count). The smallest absolute Gasteiger partial charge is 0.341 e. The fraction of sp³-hybridized carbons (Fsp3) is 0.462. The quantitative estimate of drug-likeness (QED) is 0.896. The fourth-order valence-electron chi connectivity index (χ4n) is 1.65. The molecule has 0 heterocycles. The molecule has 106 valence electrons. The largest absolute Gasteiger partial charge is 0.416 e. The van der Waals surface area contributed by atoms with E-state index in [9.17, 15) is 18.0 Å². The third-order valence-electron chi connectivity index (χ3n) is 2.69. The van der Waals surface area contributed by atoms with Gasteiger partial charge in [-0.3, -0.25) is 4.79 Å². The summed E-state index contributed by atoms with van der Waals surface area (Å²) in [5, 5.41) is 0. The van der Waals surface area contributed by atoms with E-state index in [4.69, 9.17) is 5.73 Å². The molecule has 0 aliphatic heterocycles. The Labute approximate surface area is 110 Å². The molecule has 19 heavy (non-hydrogen) atoms. The highest BCUT2D eigenvalue weighted by molar-refractivity contribution is 5.75. The van der Waals surface area contributed by atoms with Gasteiger partial charge in [0.05, 0.1) is 5.56 Å². The molecular formula is C13H17F3N2O. The summed E-state index contributed by atoms with van der Waals surface area (Å²) in [4.78, 5) is 13.0. The fourth-order valence-corrected chi connectivity index (χ4v) is 1.65. The average Bonchev–Trinajstić information content (AvgIpc) is 2.35. The van der Waals surface area contributed by atoms with E-state index in [-0.39, 0.29) is 12.5 Å². The molecule has 0 fully saturated rings. The molecule has 1 amide bonds. The van der Waals surface area contributed by atoms with Gasteiger partial charge in [0, 0.05) is 20.0 Å². The van der Waals surface area contributed by atoms with Crippen LogP contribution in [-0.2, 0) is 17.5 Å². The summed E-state index contributed by atoms with van der Waals surface area (Å²) in [6.45, 7) is 0.580. The summed E-state index contributed by atoms with van der Waals surface area (Å²) >= 11 is 0. The number of nitrogens with zero attached hydrogens (tertiary/aromatic N) is 1. The number of benzene rings is 1. The Bertz CT molecular complexity index is 432. The van der Waals surface area contributed by atoms with Crippen molar-refractivity contribution in [2.75, 3.05) is 13.6 Å². The Balaban J connectivity index is 2.69. The van der Waals surface area contributed by atoms with Crippen LogP contribution in [0.5, 0.6) is 0 Å². The molecule has 0 saturated heterocycles. The van der Waals surface area contributed by atoms with Crippen molar-refractivity contribution in [2.45, 2.75) is 25.6 Å². The number of alkyl halides is 3. The number of hydrogen-bond donors (Lipinski definition) is 1. The minimum atomic E-state index is -4.36. The van der Waals surface area contributed by atoms with Crippen molar-refractivity contribution in [3.63, 3.8) is 0 Å². The lowest BCUT2D eigenvalue weighted by Crippen LogP contribution is -2.26. The van der Waals surface area contributed by atoms with Crippen molar-refractivity contribution in [1.29, 1.82) is 0 Å². The molecule has 0 radical (unpaired) electrons. The summed E-state index contributed by atoms with van der Waals surface area (Å²) in [5.41, 5.74) is 5.06. The van der Waals surface area contributed by atoms with E-state index >= 15 is 0 Å². The van der Waals surface area contributed by atoms with Crippen LogP contribution in [0.1, 0.15) is 24.0 Å². The van der Waals surface area contributed by atoms with Crippen molar-refractivity contribution in [1.82, 2.24) is 4.90 Å².